The zero-order valence-corrected chi connectivity index (χ0v) is 7.87. The van der Waals surface area contributed by atoms with Gasteiger partial charge in [-0.2, -0.15) is 13.2 Å². The molecule has 0 fully saturated rings. The van der Waals surface area contributed by atoms with Crippen LogP contribution in [0.4, 0.5) is 13.2 Å². The summed E-state index contributed by atoms with van der Waals surface area (Å²) >= 11 is 0. The number of allylic oxidation sites excluding steroid dienone is 2. The average Bonchev–Trinajstić information content (AvgIpc) is 2.03. The van der Waals surface area contributed by atoms with Crippen LogP contribution in [0.5, 0.6) is 0 Å². The average molecular weight is 216 g/mol. The summed E-state index contributed by atoms with van der Waals surface area (Å²) in [6.07, 6.45) is -0.176. The summed E-state index contributed by atoms with van der Waals surface area (Å²) in [6, 6.07) is 0. The third kappa shape index (κ3) is 3.19. The molecule has 13 heavy (non-hydrogen) atoms. The standard InChI is InChI=1S/C8H12F3N.ClH/c9-8(10,11)7-4-2-1-3-6(7)5-12;/h1-2,6-7H,3-5,12H2;1H/t6-,7+;/m0./s1. The maximum atomic E-state index is 12.3. The Hall–Kier alpha value is -0.220. The van der Waals surface area contributed by atoms with Crippen LogP contribution in [0.3, 0.4) is 0 Å². The quantitative estimate of drug-likeness (QED) is 0.669. The molecule has 0 aromatic carbocycles. The van der Waals surface area contributed by atoms with Gasteiger partial charge in [0.2, 0.25) is 0 Å². The summed E-state index contributed by atoms with van der Waals surface area (Å²) in [5.74, 6) is -1.65. The van der Waals surface area contributed by atoms with Gasteiger partial charge in [0.1, 0.15) is 0 Å². The molecule has 2 N–H and O–H groups in total. The Balaban J connectivity index is 0.00000144. The van der Waals surface area contributed by atoms with E-state index in [9.17, 15) is 13.2 Å². The molecule has 0 heterocycles. The molecule has 0 aromatic rings. The number of hydrogen-bond acceptors (Lipinski definition) is 1. The monoisotopic (exact) mass is 215 g/mol. The Bertz CT molecular complexity index is 179. The molecule has 0 spiro atoms. The fraction of sp³-hybridized carbons (Fsp3) is 0.750. The molecule has 2 atom stereocenters. The number of nitrogens with two attached hydrogens (primary N) is 1. The second-order valence-corrected chi connectivity index (χ2v) is 3.09. The first kappa shape index (κ1) is 12.8. The summed E-state index contributed by atoms with van der Waals surface area (Å²) in [4.78, 5) is 0. The molecule has 5 heteroatoms. The van der Waals surface area contributed by atoms with Gasteiger partial charge in [-0.15, -0.1) is 12.4 Å². The van der Waals surface area contributed by atoms with Crippen molar-refractivity contribution < 1.29 is 13.2 Å². The Morgan fingerprint density at radius 2 is 1.77 bits per heavy atom. The van der Waals surface area contributed by atoms with E-state index >= 15 is 0 Å². The van der Waals surface area contributed by atoms with Crippen LogP contribution in [0, 0.1) is 11.8 Å². The minimum atomic E-state index is -4.09. The van der Waals surface area contributed by atoms with Gasteiger partial charge >= 0.3 is 6.18 Å². The number of alkyl halides is 3. The fourth-order valence-corrected chi connectivity index (χ4v) is 1.53. The maximum Gasteiger partial charge on any atom is 0.392 e. The van der Waals surface area contributed by atoms with Crippen LogP contribution in [0.1, 0.15) is 12.8 Å². The summed E-state index contributed by atoms with van der Waals surface area (Å²) in [5, 5.41) is 0. The largest absolute Gasteiger partial charge is 0.392 e. The first-order valence-electron chi connectivity index (χ1n) is 3.97. The smallest absolute Gasteiger partial charge is 0.330 e. The second-order valence-electron chi connectivity index (χ2n) is 3.09. The molecule has 0 aromatic heterocycles. The lowest BCUT2D eigenvalue weighted by Gasteiger charge is -2.29. The fourth-order valence-electron chi connectivity index (χ4n) is 1.53. The summed E-state index contributed by atoms with van der Waals surface area (Å²) < 4.78 is 36.9. The molecule has 1 rings (SSSR count). The van der Waals surface area contributed by atoms with Crippen LogP contribution in [0.25, 0.3) is 0 Å². The van der Waals surface area contributed by atoms with Crippen molar-refractivity contribution in [1.82, 2.24) is 0 Å². The van der Waals surface area contributed by atoms with Gasteiger partial charge in [0.15, 0.2) is 0 Å². The van der Waals surface area contributed by atoms with Crippen molar-refractivity contribution in [2.75, 3.05) is 6.54 Å². The van der Waals surface area contributed by atoms with Gasteiger partial charge in [0, 0.05) is 0 Å². The summed E-state index contributed by atoms with van der Waals surface area (Å²) in [6.45, 7) is 0.120. The molecule has 78 valence electrons. The van der Waals surface area contributed by atoms with E-state index in [1.165, 1.54) is 0 Å². The highest BCUT2D eigenvalue weighted by Crippen LogP contribution is 2.38. The Morgan fingerprint density at radius 3 is 2.15 bits per heavy atom. The van der Waals surface area contributed by atoms with Crippen LogP contribution in [0.2, 0.25) is 0 Å². The predicted molar refractivity (Wildman–Crippen MR) is 47.7 cm³/mol. The zero-order chi connectivity index (χ0) is 9.19. The third-order valence-corrected chi connectivity index (χ3v) is 2.29. The maximum absolute atomic E-state index is 12.3. The normalized spacial score (nSPS) is 28.3. The molecular weight excluding hydrogens is 203 g/mol. The minimum Gasteiger partial charge on any atom is -0.330 e. The van der Waals surface area contributed by atoms with Crippen LogP contribution in [-0.4, -0.2) is 12.7 Å². The number of rotatable bonds is 1. The molecule has 0 unspecified atom stereocenters. The van der Waals surface area contributed by atoms with Gasteiger partial charge in [-0.05, 0) is 25.3 Å². The van der Waals surface area contributed by atoms with Crippen molar-refractivity contribution >= 4 is 12.4 Å². The van der Waals surface area contributed by atoms with Crippen LogP contribution >= 0.6 is 12.4 Å². The summed E-state index contributed by atoms with van der Waals surface area (Å²) in [5.41, 5.74) is 5.26. The van der Waals surface area contributed by atoms with E-state index in [1.54, 1.807) is 12.2 Å². The van der Waals surface area contributed by atoms with Gasteiger partial charge in [-0.1, -0.05) is 12.2 Å². The molecule has 0 amide bonds. The first-order valence-corrected chi connectivity index (χ1v) is 3.97. The molecule has 0 bridgehead atoms. The van der Waals surface area contributed by atoms with Crippen LogP contribution in [0.15, 0.2) is 12.2 Å². The molecule has 0 saturated heterocycles. The minimum absolute atomic E-state index is 0. The molecule has 1 nitrogen and oxygen atoms in total. The predicted octanol–water partition coefficient (Wildman–Crippen LogP) is 2.51. The van der Waals surface area contributed by atoms with Crippen molar-refractivity contribution in [1.29, 1.82) is 0 Å². The van der Waals surface area contributed by atoms with E-state index in [2.05, 4.69) is 0 Å². The lowest BCUT2D eigenvalue weighted by atomic mass is 9.83. The van der Waals surface area contributed by atoms with E-state index in [-0.39, 0.29) is 25.4 Å². The van der Waals surface area contributed by atoms with Gasteiger partial charge in [-0.25, -0.2) is 0 Å². The third-order valence-electron chi connectivity index (χ3n) is 2.29. The Labute approximate surface area is 81.6 Å². The zero-order valence-electron chi connectivity index (χ0n) is 7.05. The molecule has 0 aliphatic heterocycles. The Morgan fingerprint density at radius 1 is 1.23 bits per heavy atom. The van der Waals surface area contributed by atoms with Gasteiger partial charge in [0.05, 0.1) is 5.92 Å². The SMILES string of the molecule is Cl.NC[C@@H]1CC=CC[C@H]1C(F)(F)F. The topological polar surface area (TPSA) is 26.0 Å². The van der Waals surface area contributed by atoms with E-state index in [0.29, 0.717) is 6.42 Å². The summed E-state index contributed by atoms with van der Waals surface area (Å²) in [7, 11) is 0. The molecule has 1 aliphatic carbocycles. The van der Waals surface area contributed by atoms with Gasteiger partial charge < -0.3 is 5.73 Å². The molecule has 1 aliphatic rings. The van der Waals surface area contributed by atoms with Gasteiger partial charge in [-0.3, -0.25) is 0 Å². The second kappa shape index (κ2) is 4.86. The number of halogens is 4. The van der Waals surface area contributed by atoms with E-state index < -0.39 is 18.0 Å². The molecule has 0 radical (unpaired) electrons. The van der Waals surface area contributed by atoms with Crippen molar-refractivity contribution in [3.63, 3.8) is 0 Å². The lowest BCUT2D eigenvalue weighted by molar-refractivity contribution is -0.188. The molecular formula is C8H13ClF3N. The number of hydrogen-bond donors (Lipinski definition) is 1. The first-order chi connectivity index (χ1) is 5.55. The van der Waals surface area contributed by atoms with Crippen LogP contribution < -0.4 is 5.73 Å². The van der Waals surface area contributed by atoms with E-state index in [4.69, 9.17) is 5.73 Å². The van der Waals surface area contributed by atoms with E-state index in [0.717, 1.165) is 0 Å². The van der Waals surface area contributed by atoms with Gasteiger partial charge in [0.25, 0.3) is 0 Å². The highest BCUT2D eigenvalue weighted by molar-refractivity contribution is 5.85. The van der Waals surface area contributed by atoms with Crippen LogP contribution in [-0.2, 0) is 0 Å². The Kier molecular flexibility index (Phi) is 4.78. The van der Waals surface area contributed by atoms with Crippen molar-refractivity contribution in [3.05, 3.63) is 12.2 Å². The van der Waals surface area contributed by atoms with Crippen molar-refractivity contribution in [3.8, 4) is 0 Å². The lowest BCUT2D eigenvalue weighted by Crippen LogP contribution is -2.35. The van der Waals surface area contributed by atoms with Crippen molar-refractivity contribution in [2.45, 2.75) is 19.0 Å². The van der Waals surface area contributed by atoms with E-state index in [1.807, 2.05) is 0 Å². The molecule has 0 saturated carbocycles. The van der Waals surface area contributed by atoms with Crippen molar-refractivity contribution in [2.24, 2.45) is 17.6 Å². The highest BCUT2D eigenvalue weighted by Gasteiger charge is 2.43. The highest BCUT2D eigenvalue weighted by atomic mass is 35.5.